The molecule has 2 amide bonds. The standard InChI is InChI=1S/C31H35N3O4S/c1-19(2)27(33-16-23-7-5-6-8-24(23)29(33)36)30(37)34-17-31(4,38)15-25(34)26(35)14-11-21-9-12-22(13-10-21)28-20(3)32-18-39-28/h5-10,12-13,18-19,25,27,38H,11,14-17H2,1-4H3/t25-,27-,31-/m0/s1. The number of nitrogens with zero attached hydrogens (tertiary/aromatic N) is 3. The van der Waals surface area contributed by atoms with Crippen LogP contribution in [0.1, 0.15) is 60.8 Å². The lowest BCUT2D eigenvalue weighted by Gasteiger charge is -2.35. The molecule has 0 saturated carbocycles. The first-order chi connectivity index (χ1) is 18.6. The fourth-order valence-corrected chi connectivity index (χ4v) is 6.68. The molecular weight excluding hydrogens is 510 g/mol. The Morgan fingerprint density at radius 3 is 2.51 bits per heavy atom. The predicted molar refractivity (Wildman–Crippen MR) is 151 cm³/mol. The van der Waals surface area contributed by atoms with Gasteiger partial charge in [-0.1, -0.05) is 56.3 Å². The number of Topliss-reactive ketones (excluding diaryl/α,β-unsaturated/α-hetero) is 1. The number of carbonyl (C=O) groups excluding carboxylic acids is 3. The van der Waals surface area contributed by atoms with E-state index in [0.717, 1.165) is 27.3 Å². The number of carbonyl (C=O) groups is 3. The molecule has 1 fully saturated rings. The van der Waals surface area contributed by atoms with Crippen LogP contribution in [0.2, 0.25) is 0 Å². The number of ketones is 1. The summed E-state index contributed by atoms with van der Waals surface area (Å²) in [5, 5.41) is 10.9. The number of aryl methyl sites for hydroxylation is 2. The van der Waals surface area contributed by atoms with Gasteiger partial charge in [-0.15, -0.1) is 11.3 Å². The third-order valence-electron chi connectivity index (χ3n) is 7.87. The number of hydrogen-bond acceptors (Lipinski definition) is 6. The first kappa shape index (κ1) is 27.2. The summed E-state index contributed by atoms with van der Waals surface area (Å²) in [4.78, 5) is 49.3. The SMILES string of the molecule is Cc1ncsc1-c1ccc(CCC(=O)[C@@H]2C[C@](C)(O)CN2C(=O)[C@H](C(C)C)N2Cc3ccccc3C2=O)cc1. The summed E-state index contributed by atoms with van der Waals surface area (Å²) in [5.74, 6) is -0.658. The summed E-state index contributed by atoms with van der Waals surface area (Å²) in [6.07, 6.45) is 1.01. The van der Waals surface area contributed by atoms with Crippen molar-refractivity contribution < 1.29 is 19.5 Å². The zero-order valence-electron chi connectivity index (χ0n) is 22.9. The van der Waals surface area contributed by atoms with Crippen molar-refractivity contribution in [1.82, 2.24) is 14.8 Å². The van der Waals surface area contributed by atoms with Gasteiger partial charge < -0.3 is 14.9 Å². The highest BCUT2D eigenvalue weighted by Crippen LogP contribution is 2.33. The molecule has 0 spiro atoms. The van der Waals surface area contributed by atoms with E-state index in [9.17, 15) is 19.5 Å². The molecule has 2 aliphatic heterocycles. The van der Waals surface area contributed by atoms with Crippen molar-refractivity contribution in [2.24, 2.45) is 5.92 Å². The highest BCUT2D eigenvalue weighted by Gasteiger charge is 2.48. The van der Waals surface area contributed by atoms with E-state index in [1.54, 1.807) is 29.2 Å². The molecule has 3 heterocycles. The molecule has 3 aromatic rings. The van der Waals surface area contributed by atoms with Gasteiger partial charge in [-0.3, -0.25) is 14.4 Å². The summed E-state index contributed by atoms with van der Waals surface area (Å²) in [6, 6.07) is 14.1. The van der Waals surface area contributed by atoms with Crippen molar-refractivity contribution in [2.75, 3.05) is 6.54 Å². The van der Waals surface area contributed by atoms with Gasteiger partial charge in [0.15, 0.2) is 5.78 Å². The number of β-amino-alcohol motifs (C(OH)–C–C–N with tert-alkyl or cyclic N) is 1. The Balaban J connectivity index is 1.30. The second-order valence-electron chi connectivity index (χ2n) is 11.4. The van der Waals surface area contributed by atoms with Crippen molar-refractivity contribution in [1.29, 1.82) is 0 Å². The Labute approximate surface area is 233 Å². The highest BCUT2D eigenvalue weighted by atomic mass is 32.1. The monoisotopic (exact) mass is 545 g/mol. The quantitative estimate of drug-likeness (QED) is 0.445. The number of likely N-dealkylation sites (tertiary alicyclic amines) is 1. The maximum Gasteiger partial charge on any atom is 0.255 e. The molecule has 8 heteroatoms. The summed E-state index contributed by atoms with van der Waals surface area (Å²) >= 11 is 1.61. The zero-order valence-corrected chi connectivity index (χ0v) is 23.7. The Kier molecular flexibility index (Phi) is 7.44. The van der Waals surface area contributed by atoms with E-state index in [0.29, 0.717) is 18.5 Å². The van der Waals surface area contributed by atoms with Crippen LogP contribution in [0.3, 0.4) is 0 Å². The molecular formula is C31H35N3O4S. The Bertz CT molecular complexity index is 1390. The number of aliphatic hydroxyl groups is 1. The van der Waals surface area contributed by atoms with Crippen LogP contribution in [-0.4, -0.2) is 61.7 Å². The smallest absolute Gasteiger partial charge is 0.255 e. The molecule has 2 aromatic carbocycles. The number of thiazole rings is 1. The molecule has 1 saturated heterocycles. The fraction of sp³-hybridized carbons (Fsp3) is 0.419. The number of aromatic nitrogens is 1. The van der Waals surface area contributed by atoms with Crippen LogP contribution < -0.4 is 0 Å². The molecule has 7 nitrogen and oxygen atoms in total. The van der Waals surface area contributed by atoms with Crippen LogP contribution in [0, 0.1) is 12.8 Å². The van der Waals surface area contributed by atoms with Gasteiger partial charge in [0, 0.05) is 24.9 Å². The molecule has 0 unspecified atom stereocenters. The molecule has 0 radical (unpaired) electrons. The number of amides is 2. The van der Waals surface area contributed by atoms with Gasteiger partial charge in [0.05, 0.1) is 34.3 Å². The van der Waals surface area contributed by atoms with Gasteiger partial charge in [0.25, 0.3) is 5.91 Å². The van der Waals surface area contributed by atoms with E-state index < -0.39 is 17.7 Å². The number of benzene rings is 2. The first-order valence-electron chi connectivity index (χ1n) is 13.5. The number of rotatable bonds is 8. The second-order valence-corrected chi connectivity index (χ2v) is 12.2. The first-order valence-corrected chi connectivity index (χ1v) is 14.4. The Hall–Kier alpha value is -3.36. The van der Waals surface area contributed by atoms with Crippen LogP contribution >= 0.6 is 11.3 Å². The lowest BCUT2D eigenvalue weighted by Crippen LogP contribution is -2.54. The molecule has 204 valence electrons. The van der Waals surface area contributed by atoms with Gasteiger partial charge in [-0.25, -0.2) is 4.98 Å². The van der Waals surface area contributed by atoms with Crippen LogP contribution in [0.5, 0.6) is 0 Å². The highest BCUT2D eigenvalue weighted by molar-refractivity contribution is 7.13. The van der Waals surface area contributed by atoms with E-state index in [1.807, 2.05) is 56.6 Å². The van der Waals surface area contributed by atoms with Gasteiger partial charge in [-0.05, 0) is 48.9 Å². The average molecular weight is 546 g/mol. The van der Waals surface area contributed by atoms with Crippen molar-refractivity contribution in [3.63, 3.8) is 0 Å². The van der Waals surface area contributed by atoms with Crippen LogP contribution in [0.15, 0.2) is 54.0 Å². The minimum absolute atomic E-state index is 0.0676. The Morgan fingerprint density at radius 2 is 1.87 bits per heavy atom. The second kappa shape index (κ2) is 10.7. The predicted octanol–water partition coefficient (Wildman–Crippen LogP) is 4.65. The van der Waals surface area contributed by atoms with Crippen LogP contribution in [0.4, 0.5) is 0 Å². The summed E-state index contributed by atoms with van der Waals surface area (Å²) < 4.78 is 0. The fourth-order valence-electron chi connectivity index (χ4n) is 5.87. The molecule has 5 rings (SSSR count). The summed E-state index contributed by atoms with van der Waals surface area (Å²) in [7, 11) is 0. The maximum atomic E-state index is 14.0. The topological polar surface area (TPSA) is 90.8 Å². The van der Waals surface area contributed by atoms with Crippen LogP contribution in [0.25, 0.3) is 10.4 Å². The van der Waals surface area contributed by atoms with Gasteiger partial charge >= 0.3 is 0 Å². The maximum absolute atomic E-state index is 14.0. The summed E-state index contributed by atoms with van der Waals surface area (Å²) in [5.41, 5.74) is 5.34. The lowest BCUT2D eigenvalue weighted by molar-refractivity contribution is -0.143. The van der Waals surface area contributed by atoms with Gasteiger partial charge in [0.1, 0.15) is 6.04 Å². The van der Waals surface area contributed by atoms with Crippen molar-refractivity contribution in [3.8, 4) is 10.4 Å². The minimum Gasteiger partial charge on any atom is -0.388 e. The van der Waals surface area contributed by atoms with Crippen molar-refractivity contribution >= 4 is 28.9 Å². The number of fused-ring (bicyclic) bond motifs is 1. The average Bonchev–Trinajstić information content (AvgIpc) is 3.58. The molecule has 0 aliphatic carbocycles. The normalized spacial score (nSPS) is 21.5. The van der Waals surface area contributed by atoms with Crippen molar-refractivity contribution in [3.05, 3.63) is 76.4 Å². The lowest BCUT2D eigenvalue weighted by atomic mass is 9.96. The molecule has 1 N–H and O–H groups in total. The molecule has 0 bridgehead atoms. The molecule has 2 aliphatic rings. The third kappa shape index (κ3) is 5.40. The largest absolute Gasteiger partial charge is 0.388 e. The van der Waals surface area contributed by atoms with E-state index in [-0.39, 0.29) is 42.9 Å². The zero-order chi connectivity index (χ0) is 27.9. The molecule has 1 aromatic heterocycles. The number of hydrogen-bond donors (Lipinski definition) is 1. The van der Waals surface area contributed by atoms with Gasteiger partial charge in [-0.2, -0.15) is 0 Å². The van der Waals surface area contributed by atoms with Crippen LogP contribution in [-0.2, 0) is 22.6 Å². The van der Waals surface area contributed by atoms with E-state index in [2.05, 4.69) is 17.1 Å². The van der Waals surface area contributed by atoms with Crippen molar-refractivity contribution in [2.45, 2.75) is 71.2 Å². The molecule has 39 heavy (non-hydrogen) atoms. The van der Waals surface area contributed by atoms with E-state index in [1.165, 1.54) is 4.90 Å². The van der Waals surface area contributed by atoms with E-state index >= 15 is 0 Å². The summed E-state index contributed by atoms with van der Waals surface area (Å²) in [6.45, 7) is 7.93. The minimum atomic E-state index is -1.16. The molecule has 3 atom stereocenters. The van der Waals surface area contributed by atoms with E-state index in [4.69, 9.17) is 0 Å². The Morgan fingerprint density at radius 1 is 1.15 bits per heavy atom. The third-order valence-corrected chi connectivity index (χ3v) is 8.84. The van der Waals surface area contributed by atoms with Gasteiger partial charge in [0.2, 0.25) is 5.91 Å².